The molecule has 0 radical (unpaired) electrons. The summed E-state index contributed by atoms with van der Waals surface area (Å²) in [7, 11) is 0. The fourth-order valence-electron chi connectivity index (χ4n) is 5.02. The Hall–Kier alpha value is -5.57. The molecule has 206 valence electrons. The molecule has 42 heavy (non-hydrogen) atoms. The molecule has 9 heteroatoms. The standard InChI is InChI=1S/C33H24FN5O3/c34-29-10-9-21(16-30-26-7-1-2-8-27(26)32(41)38-37-30)15-28(29)33(42)39-19-24(13-22-5-3-11-35-17-22)31(40)25(20-39)14-23-6-4-12-36-18-23/h1-15,17-18H,16,19-20H2,(H,38,41)/b24-13+,25-14+. The zero-order valence-corrected chi connectivity index (χ0v) is 22.3. The van der Waals surface area contributed by atoms with Crippen LogP contribution >= 0.6 is 0 Å². The Labute approximate surface area is 239 Å². The minimum absolute atomic E-state index is 0.00667. The van der Waals surface area contributed by atoms with Gasteiger partial charge in [-0.2, -0.15) is 5.10 Å². The summed E-state index contributed by atoms with van der Waals surface area (Å²) in [5, 5.41) is 7.90. The number of Topliss-reactive ketones (excluding diaryl/α,β-unsaturated/α-hetero) is 1. The number of ketones is 1. The summed E-state index contributed by atoms with van der Waals surface area (Å²) in [6.45, 7) is 0.0133. The van der Waals surface area contributed by atoms with Crippen molar-refractivity contribution >= 4 is 34.6 Å². The van der Waals surface area contributed by atoms with E-state index in [0.29, 0.717) is 44.3 Å². The molecule has 0 spiro atoms. The molecule has 2 aromatic carbocycles. The van der Waals surface area contributed by atoms with Crippen LogP contribution in [0.25, 0.3) is 22.9 Å². The van der Waals surface area contributed by atoms with Gasteiger partial charge in [0.15, 0.2) is 5.78 Å². The number of piperidine rings is 1. The Bertz CT molecular complexity index is 1870. The predicted molar refractivity (Wildman–Crippen MR) is 157 cm³/mol. The van der Waals surface area contributed by atoms with Gasteiger partial charge in [0.2, 0.25) is 0 Å². The summed E-state index contributed by atoms with van der Waals surface area (Å²) < 4.78 is 15.2. The van der Waals surface area contributed by atoms with Gasteiger partial charge in [0.1, 0.15) is 5.82 Å². The number of nitrogens with one attached hydrogen (secondary N) is 1. The van der Waals surface area contributed by atoms with Crippen LogP contribution < -0.4 is 5.56 Å². The van der Waals surface area contributed by atoms with E-state index in [-0.39, 0.29) is 36.4 Å². The molecule has 4 heterocycles. The van der Waals surface area contributed by atoms with Gasteiger partial charge < -0.3 is 4.90 Å². The van der Waals surface area contributed by atoms with Gasteiger partial charge in [0, 0.05) is 47.7 Å². The molecule has 6 rings (SSSR count). The van der Waals surface area contributed by atoms with Crippen LogP contribution in [-0.2, 0) is 11.2 Å². The lowest BCUT2D eigenvalue weighted by Crippen LogP contribution is -2.42. The number of halogens is 1. The maximum atomic E-state index is 15.2. The van der Waals surface area contributed by atoms with Gasteiger partial charge in [-0.15, -0.1) is 0 Å². The van der Waals surface area contributed by atoms with Crippen molar-refractivity contribution in [1.29, 1.82) is 0 Å². The van der Waals surface area contributed by atoms with Gasteiger partial charge in [-0.3, -0.25) is 24.4 Å². The summed E-state index contributed by atoms with van der Waals surface area (Å²) in [4.78, 5) is 49.2. The molecule has 1 amide bonds. The van der Waals surface area contributed by atoms with E-state index in [0.717, 1.165) is 0 Å². The summed E-state index contributed by atoms with van der Waals surface area (Å²) in [6, 6.07) is 18.6. The topological polar surface area (TPSA) is 109 Å². The minimum Gasteiger partial charge on any atom is -0.330 e. The Morgan fingerprint density at radius 1 is 0.857 bits per heavy atom. The second-order valence-electron chi connectivity index (χ2n) is 9.94. The van der Waals surface area contributed by atoms with E-state index < -0.39 is 11.7 Å². The number of hydrogen-bond donors (Lipinski definition) is 1. The highest BCUT2D eigenvalue weighted by Crippen LogP contribution is 2.25. The Morgan fingerprint density at radius 2 is 1.50 bits per heavy atom. The van der Waals surface area contributed by atoms with Gasteiger partial charge in [-0.25, -0.2) is 9.49 Å². The number of H-pyrrole nitrogens is 1. The quantitative estimate of drug-likeness (QED) is 0.316. The van der Waals surface area contributed by atoms with Gasteiger partial charge >= 0.3 is 0 Å². The van der Waals surface area contributed by atoms with Crippen LogP contribution in [-0.4, -0.2) is 49.8 Å². The average Bonchev–Trinajstić information content (AvgIpc) is 3.02. The number of hydrogen-bond acceptors (Lipinski definition) is 6. The van der Waals surface area contributed by atoms with Crippen molar-refractivity contribution in [2.45, 2.75) is 6.42 Å². The summed E-state index contributed by atoms with van der Waals surface area (Å²) >= 11 is 0. The van der Waals surface area contributed by atoms with E-state index in [1.807, 2.05) is 18.2 Å². The summed E-state index contributed by atoms with van der Waals surface area (Å²) in [5.74, 6) is -1.41. The number of aromatic nitrogens is 4. The average molecular weight is 558 g/mol. The van der Waals surface area contributed by atoms with Gasteiger partial charge in [0.25, 0.3) is 11.5 Å². The van der Waals surface area contributed by atoms with Gasteiger partial charge in [0.05, 0.1) is 29.7 Å². The number of carbonyl (C=O) groups excluding carboxylic acids is 2. The summed E-state index contributed by atoms with van der Waals surface area (Å²) in [5.41, 5.74) is 3.04. The first-order valence-electron chi connectivity index (χ1n) is 13.3. The van der Waals surface area contributed by atoms with E-state index in [2.05, 4.69) is 20.2 Å². The Balaban J connectivity index is 1.35. The predicted octanol–water partition coefficient (Wildman–Crippen LogP) is 4.64. The highest BCUT2D eigenvalue weighted by Gasteiger charge is 2.31. The molecule has 3 aromatic heterocycles. The molecule has 0 atom stereocenters. The van der Waals surface area contributed by atoms with Crippen LogP contribution in [0.4, 0.5) is 4.39 Å². The highest BCUT2D eigenvalue weighted by molar-refractivity contribution is 6.15. The van der Waals surface area contributed by atoms with Crippen molar-refractivity contribution in [3.63, 3.8) is 0 Å². The maximum Gasteiger partial charge on any atom is 0.272 e. The number of rotatable bonds is 5. The van der Waals surface area contributed by atoms with Crippen LogP contribution in [0.15, 0.2) is 107 Å². The SMILES string of the molecule is O=C1/C(=C/c2cccnc2)CN(C(=O)c2cc(Cc3n[nH]c(=O)c4ccccc34)ccc2F)C/C1=C\c1cccnc1. The van der Waals surface area contributed by atoms with E-state index in [9.17, 15) is 14.4 Å². The van der Waals surface area contributed by atoms with Crippen molar-refractivity contribution in [1.82, 2.24) is 25.1 Å². The molecule has 1 aliphatic heterocycles. The second-order valence-corrected chi connectivity index (χ2v) is 9.94. The molecular weight excluding hydrogens is 533 g/mol. The first-order valence-corrected chi connectivity index (χ1v) is 13.3. The first kappa shape index (κ1) is 26.6. The molecule has 0 saturated carbocycles. The highest BCUT2D eigenvalue weighted by atomic mass is 19.1. The zero-order chi connectivity index (χ0) is 29.1. The van der Waals surface area contributed by atoms with Crippen LogP contribution in [0.2, 0.25) is 0 Å². The number of benzene rings is 2. The van der Waals surface area contributed by atoms with E-state index >= 15 is 4.39 Å². The third-order valence-corrected chi connectivity index (χ3v) is 7.05. The molecule has 1 aliphatic rings. The number of amides is 1. The molecule has 0 bridgehead atoms. The van der Waals surface area contributed by atoms with Crippen molar-refractivity contribution in [3.8, 4) is 0 Å². The zero-order valence-electron chi connectivity index (χ0n) is 22.3. The molecule has 1 saturated heterocycles. The van der Waals surface area contributed by atoms with Crippen molar-refractivity contribution in [2.24, 2.45) is 0 Å². The number of aromatic amines is 1. The second kappa shape index (κ2) is 11.5. The third kappa shape index (κ3) is 5.53. The van der Waals surface area contributed by atoms with E-state index in [1.54, 1.807) is 73.3 Å². The first-order chi connectivity index (χ1) is 20.5. The van der Waals surface area contributed by atoms with Crippen LogP contribution in [0.5, 0.6) is 0 Å². The third-order valence-electron chi connectivity index (χ3n) is 7.05. The number of nitrogens with zero attached hydrogens (tertiary/aromatic N) is 4. The number of pyridine rings is 2. The van der Waals surface area contributed by atoms with Gasteiger partial charge in [-0.1, -0.05) is 36.4 Å². The van der Waals surface area contributed by atoms with Crippen molar-refractivity contribution in [2.75, 3.05) is 13.1 Å². The van der Waals surface area contributed by atoms with Gasteiger partial charge in [-0.05, 0) is 59.2 Å². The molecule has 0 unspecified atom stereocenters. The van der Waals surface area contributed by atoms with Crippen LogP contribution in [0, 0.1) is 5.82 Å². The minimum atomic E-state index is -0.671. The largest absolute Gasteiger partial charge is 0.330 e. The van der Waals surface area contributed by atoms with Crippen LogP contribution in [0.1, 0.15) is 32.7 Å². The lowest BCUT2D eigenvalue weighted by Gasteiger charge is -2.30. The molecule has 1 fully saturated rings. The summed E-state index contributed by atoms with van der Waals surface area (Å²) in [6.07, 6.45) is 10.2. The maximum absolute atomic E-state index is 15.2. The molecule has 0 aliphatic carbocycles. The Kier molecular flexibility index (Phi) is 7.30. The normalized spacial score (nSPS) is 15.5. The lowest BCUT2D eigenvalue weighted by molar-refractivity contribution is -0.113. The molecule has 8 nitrogen and oxygen atoms in total. The molecule has 5 aromatic rings. The van der Waals surface area contributed by atoms with Crippen molar-refractivity contribution < 1.29 is 14.0 Å². The molecular formula is C33H24FN5O3. The van der Waals surface area contributed by atoms with E-state index in [4.69, 9.17) is 0 Å². The Morgan fingerprint density at radius 3 is 2.12 bits per heavy atom. The number of fused-ring (bicyclic) bond motifs is 1. The number of likely N-dealkylation sites (tertiary alicyclic amines) is 1. The monoisotopic (exact) mass is 557 g/mol. The van der Waals surface area contributed by atoms with E-state index in [1.165, 1.54) is 17.0 Å². The molecule has 1 N–H and O–H groups in total. The fraction of sp³-hybridized carbons (Fsp3) is 0.0909. The lowest BCUT2D eigenvalue weighted by atomic mass is 9.94. The smallest absolute Gasteiger partial charge is 0.272 e. The van der Waals surface area contributed by atoms with Crippen LogP contribution in [0.3, 0.4) is 0 Å². The number of carbonyl (C=O) groups is 2. The van der Waals surface area contributed by atoms with Crippen molar-refractivity contribution in [3.05, 3.63) is 147 Å². The fourth-order valence-corrected chi connectivity index (χ4v) is 5.02.